The molecule has 0 unspecified atom stereocenters. The van der Waals surface area contributed by atoms with Gasteiger partial charge in [0.1, 0.15) is 11.6 Å². The average molecular weight is 431 g/mol. The summed E-state index contributed by atoms with van der Waals surface area (Å²) in [6, 6.07) is 16.3. The van der Waals surface area contributed by atoms with Gasteiger partial charge in [-0.2, -0.15) is 0 Å². The number of pyridine rings is 1. The van der Waals surface area contributed by atoms with E-state index in [9.17, 15) is 4.79 Å². The normalized spacial score (nSPS) is 17.0. The van der Waals surface area contributed by atoms with Crippen LogP contribution in [0.3, 0.4) is 0 Å². The minimum atomic E-state index is 0.0733. The van der Waals surface area contributed by atoms with Gasteiger partial charge in [0.15, 0.2) is 0 Å². The molecule has 0 saturated carbocycles. The average Bonchev–Trinajstić information content (AvgIpc) is 2.88. The summed E-state index contributed by atoms with van der Waals surface area (Å²) in [4.78, 5) is 24.9. The van der Waals surface area contributed by atoms with Crippen molar-refractivity contribution in [1.29, 1.82) is 0 Å². The Morgan fingerprint density at radius 1 is 0.844 bits per heavy atom. The van der Waals surface area contributed by atoms with Crippen LogP contribution in [0.2, 0.25) is 0 Å². The molecule has 1 amide bonds. The van der Waals surface area contributed by atoms with Crippen molar-refractivity contribution in [3.05, 3.63) is 60.3 Å². The van der Waals surface area contributed by atoms with Gasteiger partial charge in [0.2, 0.25) is 0 Å². The van der Waals surface area contributed by atoms with E-state index in [1.165, 1.54) is 19.3 Å². The van der Waals surface area contributed by atoms with Crippen molar-refractivity contribution in [3.8, 4) is 5.75 Å². The van der Waals surface area contributed by atoms with Crippen LogP contribution in [0.1, 0.15) is 29.6 Å². The highest BCUT2D eigenvalue weighted by molar-refractivity contribution is 6.09. The number of carbonyl (C=O) groups is 1. The third kappa shape index (κ3) is 3.97. The highest BCUT2D eigenvalue weighted by atomic mass is 16.5. The van der Waals surface area contributed by atoms with Crippen molar-refractivity contribution >= 4 is 28.2 Å². The van der Waals surface area contributed by atoms with Crippen LogP contribution in [0.15, 0.2) is 54.7 Å². The third-order valence-corrected chi connectivity index (χ3v) is 6.65. The molecular weight excluding hydrogens is 400 g/mol. The number of ether oxygens (including phenoxy) is 1. The molecule has 3 aromatic rings. The van der Waals surface area contributed by atoms with E-state index in [0.29, 0.717) is 18.7 Å². The van der Waals surface area contributed by atoms with E-state index in [-0.39, 0.29) is 5.91 Å². The van der Waals surface area contributed by atoms with E-state index in [1.807, 2.05) is 35.2 Å². The molecule has 6 heteroatoms. The maximum Gasteiger partial charge on any atom is 0.256 e. The predicted octanol–water partition coefficient (Wildman–Crippen LogP) is 4.20. The molecule has 1 aromatic heterocycles. The number of nitrogens with zero attached hydrogens (tertiary/aromatic N) is 4. The van der Waals surface area contributed by atoms with E-state index >= 15 is 0 Å². The van der Waals surface area contributed by atoms with Gasteiger partial charge >= 0.3 is 0 Å². The van der Waals surface area contributed by atoms with Crippen LogP contribution in [-0.4, -0.2) is 62.2 Å². The number of amides is 1. The number of carbonyl (C=O) groups excluding carboxylic acids is 1. The number of piperazine rings is 1. The van der Waals surface area contributed by atoms with E-state index < -0.39 is 0 Å². The van der Waals surface area contributed by atoms with Gasteiger partial charge in [0.25, 0.3) is 5.91 Å². The Labute approximate surface area is 189 Å². The fourth-order valence-electron chi connectivity index (χ4n) is 4.85. The first-order chi connectivity index (χ1) is 15.7. The van der Waals surface area contributed by atoms with Crippen molar-refractivity contribution in [1.82, 2.24) is 9.88 Å². The lowest BCUT2D eigenvalue weighted by atomic mass is 10.0. The van der Waals surface area contributed by atoms with Crippen molar-refractivity contribution in [2.24, 2.45) is 0 Å². The Balaban J connectivity index is 1.35. The Kier molecular flexibility index (Phi) is 5.84. The fourth-order valence-corrected chi connectivity index (χ4v) is 4.85. The number of hydrogen-bond acceptors (Lipinski definition) is 5. The first-order valence-electron chi connectivity index (χ1n) is 11.6. The second-order valence-corrected chi connectivity index (χ2v) is 8.57. The molecule has 32 heavy (non-hydrogen) atoms. The summed E-state index contributed by atoms with van der Waals surface area (Å²) >= 11 is 0. The molecule has 6 nitrogen and oxygen atoms in total. The molecule has 0 atom stereocenters. The zero-order chi connectivity index (χ0) is 21.9. The lowest BCUT2D eigenvalue weighted by molar-refractivity contribution is 0.0748. The highest BCUT2D eigenvalue weighted by Gasteiger charge is 2.25. The summed E-state index contributed by atoms with van der Waals surface area (Å²) in [5.41, 5.74) is 1.84. The molecule has 5 rings (SSSR count). The number of rotatable bonds is 4. The summed E-state index contributed by atoms with van der Waals surface area (Å²) < 4.78 is 5.36. The van der Waals surface area contributed by atoms with Crippen molar-refractivity contribution < 1.29 is 9.53 Å². The zero-order valence-electron chi connectivity index (χ0n) is 18.7. The number of anilines is 2. The summed E-state index contributed by atoms with van der Waals surface area (Å²) in [7, 11) is 1.69. The summed E-state index contributed by atoms with van der Waals surface area (Å²) in [5, 5.41) is 2.08. The molecule has 3 heterocycles. The summed E-state index contributed by atoms with van der Waals surface area (Å²) in [6.45, 7) is 5.07. The highest BCUT2D eigenvalue weighted by Crippen LogP contribution is 2.30. The standard InChI is InChI=1S/C26H30N4O2/c1-32-21-9-7-8-20(18-21)28-14-16-30(17-15-28)26(31)24-19-27-25(29-12-5-2-6-13-29)23-11-4-3-10-22(23)24/h3-4,7-11,18-19H,2,5-6,12-17H2,1H3. The van der Waals surface area contributed by atoms with E-state index in [2.05, 4.69) is 28.0 Å². The largest absolute Gasteiger partial charge is 0.497 e. The minimum absolute atomic E-state index is 0.0733. The minimum Gasteiger partial charge on any atom is -0.497 e. The molecule has 2 fully saturated rings. The molecule has 2 aliphatic heterocycles. The van der Waals surface area contributed by atoms with Gasteiger partial charge in [-0.15, -0.1) is 0 Å². The number of fused-ring (bicyclic) bond motifs is 1. The maximum absolute atomic E-state index is 13.5. The van der Waals surface area contributed by atoms with Crippen LogP contribution in [0.25, 0.3) is 10.8 Å². The lowest BCUT2D eigenvalue weighted by Crippen LogP contribution is -2.48. The first kappa shape index (κ1) is 20.6. The Bertz CT molecular complexity index is 1100. The Hall–Kier alpha value is -3.28. The molecule has 2 aromatic carbocycles. The van der Waals surface area contributed by atoms with Gasteiger partial charge in [-0.1, -0.05) is 30.3 Å². The summed E-state index contributed by atoms with van der Waals surface area (Å²) in [5.74, 6) is 1.94. The molecule has 0 N–H and O–H groups in total. The molecular formula is C26H30N4O2. The van der Waals surface area contributed by atoms with Gasteiger partial charge in [-0.05, 0) is 36.8 Å². The number of aromatic nitrogens is 1. The van der Waals surface area contributed by atoms with E-state index in [1.54, 1.807) is 13.3 Å². The molecule has 2 saturated heterocycles. The molecule has 0 spiro atoms. The lowest BCUT2D eigenvalue weighted by Gasteiger charge is -2.36. The maximum atomic E-state index is 13.5. The van der Waals surface area contributed by atoms with Crippen molar-refractivity contribution in [2.45, 2.75) is 19.3 Å². The number of hydrogen-bond donors (Lipinski definition) is 0. The van der Waals surface area contributed by atoms with Crippen LogP contribution in [-0.2, 0) is 0 Å². The topological polar surface area (TPSA) is 48.9 Å². The molecule has 0 bridgehead atoms. The number of methoxy groups -OCH3 is 1. The number of piperidine rings is 1. The van der Waals surface area contributed by atoms with E-state index in [4.69, 9.17) is 9.72 Å². The SMILES string of the molecule is COc1cccc(N2CCN(C(=O)c3cnc(N4CCCCC4)c4ccccc34)CC2)c1. The monoisotopic (exact) mass is 430 g/mol. The zero-order valence-corrected chi connectivity index (χ0v) is 18.7. The smallest absolute Gasteiger partial charge is 0.256 e. The van der Waals surface area contributed by atoms with Crippen LogP contribution >= 0.6 is 0 Å². The predicted molar refractivity (Wildman–Crippen MR) is 129 cm³/mol. The van der Waals surface area contributed by atoms with Gasteiger partial charge in [0, 0.05) is 62.6 Å². The van der Waals surface area contributed by atoms with Crippen molar-refractivity contribution in [2.75, 3.05) is 56.2 Å². The molecule has 2 aliphatic rings. The molecule has 0 radical (unpaired) electrons. The Morgan fingerprint density at radius 2 is 1.59 bits per heavy atom. The third-order valence-electron chi connectivity index (χ3n) is 6.65. The quantitative estimate of drug-likeness (QED) is 0.621. The first-order valence-corrected chi connectivity index (χ1v) is 11.6. The van der Waals surface area contributed by atoms with Crippen molar-refractivity contribution in [3.63, 3.8) is 0 Å². The molecule has 166 valence electrons. The van der Waals surface area contributed by atoms with Gasteiger partial charge in [-0.3, -0.25) is 4.79 Å². The van der Waals surface area contributed by atoms with Crippen LogP contribution in [0, 0.1) is 0 Å². The summed E-state index contributed by atoms with van der Waals surface area (Å²) in [6.07, 6.45) is 5.48. The van der Waals surface area contributed by atoms with Gasteiger partial charge in [-0.25, -0.2) is 4.98 Å². The van der Waals surface area contributed by atoms with Crippen LogP contribution in [0.5, 0.6) is 5.75 Å². The van der Waals surface area contributed by atoms with Gasteiger partial charge < -0.3 is 19.4 Å². The fraction of sp³-hybridized carbons (Fsp3) is 0.385. The van der Waals surface area contributed by atoms with Crippen LogP contribution < -0.4 is 14.5 Å². The van der Waals surface area contributed by atoms with Crippen LogP contribution in [0.4, 0.5) is 11.5 Å². The van der Waals surface area contributed by atoms with E-state index in [0.717, 1.165) is 54.2 Å². The Morgan fingerprint density at radius 3 is 2.34 bits per heavy atom. The second kappa shape index (κ2) is 9.07. The molecule has 0 aliphatic carbocycles. The van der Waals surface area contributed by atoms with Gasteiger partial charge in [0.05, 0.1) is 12.7 Å². The number of benzene rings is 2. The second-order valence-electron chi connectivity index (χ2n) is 8.57.